The number of carbonyl (C=O) groups excluding carboxylic acids is 1. The third-order valence-electron chi connectivity index (χ3n) is 3.36. The molecular formula is C13H15N3O3. The topological polar surface area (TPSA) is 65.7 Å². The summed E-state index contributed by atoms with van der Waals surface area (Å²) in [7, 11) is 1.36. The Morgan fingerprint density at radius 2 is 2.26 bits per heavy atom. The van der Waals surface area contributed by atoms with Crippen molar-refractivity contribution >= 4 is 11.6 Å². The second-order valence-electron chi connectivity index (χ2n) is 4.57. The Balaban J connectivity index is 1.93. The van der Waals surface area contributed by atoms with Crippen LogP contribution in [0.25, 0.3) is 5.65 Å². The third kappa shape index (κ3) is 2.31. The Morgan fingerprint density at radius 1 is 1.47 bits per heavy atom. The molecule has 0 bridgehead atoms. The average molecular weight is 261 g/mol. The summed E-state index contributed by atoms with van der Waals surface area (Å²) in [6.45, 7) is 1.52. The van der Waals surface area contributed by atoms with Crippen LogP contribution in [0.5, 0.6) is 0 Å². The van der Waals surface area contributed by atoms with E-state index in [-0.39, 0.29) is 5.97 Å². The summed E-state index contributed by atoms with van der Waals surface area (Å²) in [5.41, 5.74) is 1.16. The zero-order chi connectivity index (χ0) is 13.2. The van der Waals surface area contributed by atoms with E-state index in [1.165, 1.54) is 7.11 Å². The summed E-state index contributed by atoms with van der Waals surface area (Å²) >= 11 is 0. The number of nitrogens with zero attached hydrogens (tertiary/aromatic N) is 3. The molecule has 6 nitrogen and oxygen atoms in total. The molecule has 0 atom stereocenters. The van der Waals surface area contributed by atoms with Gasteiger partial charge in [-0.25, -0.2) is 14.3 Å². The van der Waals surface area contributed by atoms with Gasteiger partial charge in [0.05, 0.1) is 12.7 Å². The van der Waals surface area contributed by atoms with Crippen molar-refractivity contribution in [3.8, 4) is 0 Å². The first-order valence-corrected chi connectivity index (χ1v) is 6.30. The van der Waals surface area contributed by atoms with Crippen molar-refractivity contribution < 1.29 is 14.3 Å². The molecule has 1 fully saturated rings. The monoisotopic (exact) mass is 261 g/mol. The average Bonchev–Trinajstić information content (AvgIpc) is 2.90. The normalized spacial score (nSPS) is 16.7. The van der Waals surface area contributed by atoms with Gasteiger partial charge in [-0.1, -0.05) is 0 Å². The number of fused-ring (bicyclic) bond motifs is 1. The SMILES string of the molecule is COC(=O)c1ccn2nc(C3CCOCC3)nc2c1. The van der Waals surface area contributed by atoms with Crippen LogP contribution >= 0.6 is 0 Å². The van der Waals surface area contributed by atoms with E-state index in [9.17, 15) is 4.79 Å². The minimum absolute atomic E-state index is 0.343. The predicted molar refractivity (Wildman–Crippen MR) is 67.1 cm³/mol. The molecule has 0 radical (unpaired) electrons. The molecule has 1 aliphatic rings. The molecule has 0 aromatic carbocycles. The summed E-state index contributed by atoms with van der Waals surface area (Å²) < 4.78 is 11.7. The molecule has 2 aromatic heterocycles. The van der Waals surface area contributed by atoms with E-state index in [4.69, 9.17) is 9.47 Å². The summed E-state index contributed by atoms with van der Waals surface area (Å²) in [5, 5.41) is 4.46. The van der Waals surface area contributed by atoms with Gasteiger partial charge in [0.15, 0.2) is 11.5 Å². The summed E-state index contributed by atoms with van der Waals surface area (Å²) in [6, 6.07) is 3.38. The fourth-order valence-corrected chi connectivity index (χ4v) is 2.27. The fourth-order valence-electron chi connectivity index (χ4n) is 2.27. The lowest BCUT2D eigenvalue weighted by atomic mass is 10.00. The maximum absolute atomic E-state index is 11.5. The third-order valence-corrected chi connectivity index (χ3v) is 3.36. The molecule has 1 saturated heterocycles. The van der Waals surface area contributed by atoms with Crippen molar-refractivity contribution in [1.82, 2.24) is 14.6 Å². The molecule has 0 unspecified atom stereocenters. The van der Waals surface area contributed by atoms with Crippen molar-refractivity contribution in [3.05, 3.63) is 29.7 Å². The lowest BCUT2D eigenvalue weighted by molar-refractivity contribution is 0.0600. The fraction of sp³-hybridized carbons (Fsp3) is 0.462. The maximum atomic E-state index is 11.5. The Bertz CT molecular complexity index is 602. The first-order valence-electron chi connectivity index (χ1n) is 6.30. The van der Waals surface area contributed by atoms with Crippen LogP contribution < -0.4 is 0 Å². The molecule has 0 saturated carbocycles. The molecule has 0 amide bonds. The van der Waals surface area contributed by atoms with Crippen LogP contribution in [0.15, 0.2) is 18.3 Å². The van der Waals surface area contributed by atoms with Gasteiger partial charge in [0.1, 0.15) is 0 Å². The number of carbonyl (C=O) groups is 1. The minimum Gasteiger partial charge on any atom is -0.465 e. The molecular weight excluding hydrogens is 246 g/mol. The number of pyridine rings is 1. The van der Waals surface area contributed by atoms with Gasteiger partial charge < -0.3 is 9.47 Å². The molecule has 0 aliphatic carbocycles. The van der Waals surface area contributed by atoms with Crippen LogP contribution in [0.2, 0.25) is 0 Å². The summed E-state index contributed by atoms with van der Waals surface area (Å²) in [4.78, 5) is 16.0. The van der Waals surface area contributed by atoms with E-state index < -0.39 is 0 Å². The van der Waals surface area contributed by atoms with E-state index in [0.717, 1.165) is 31.9 Å². The highest BCUT2D eigenvalue weighted by Gasteiger charge is 2.20. The van der Waals surface area contributed by atoms with Gasteiger partial charge in [-0.15, -0.1) is 0 Å². The van der Waals surface area contributed by atoms with Crippen LogP contribution in [0, 0.1) is 0 Å². The Labute approximate surface area is 110 Å². The number of methoxy groups -OCH3 is 1. The first-order chi connectivity index (χ1) is 9.28. The molecule has 100 valence electrons. The van der Waals surface area contributed by atoms with Crippen molar-refractivity contribution in [2.45, 2.75) is 18.8 Å². The summed E-state index contributed by atoms with van der Waals surface area (Å²) in [6.07, 6.45) is 3.62. The molecule has 3 heterocycles. The van der Waals surface area contributed by atoms with E-state index in [1.54, 1.807) is 22.8 Å². The molecule has 0 N–H and O–H groups in total. The van der Waals surface area contributed by atoms with E-state index >= 15 is 0 Å². The predicted octanol–water partition coefficient (Wildman–Crippen LogP) is 1.41. The molecule has 2 aromatic rings. The number of hydrogen-bond donors (Lipinski definition) is 0. The van der Waals surface area contributed by atoms with Crippen molar-refractivity contribution in [1.29, 1.82) is 0 Å². The highest BCUT2D eigenvalue weighted by atomic mass is 16.5. The largest absolute Gasteiger partial charge is 0.465 e. The lowest BCUT2D eigenvalue weighted by Gasteiger charge is -2.18. The number of aromatic nitrogens is 3. The highest BCUT2D eigenvalue weighted by Crippen LogP contribution is 2.24. The molecule has 1 aliphatic heterocycles. The van der Waals surface area contributed by atoms with Gasteiger partial charge in [-0.2, -0.15) is 5.10 Å². The van der Waals surface area contributed by atoms with Gasteiger partial charge in [0, 0.05) is 25.3 Å². The van der Waals surface area contributed by atoms with Crippen molar-refractivity contribution in [2.75, 3.05) is 20.3 Å². The Kier molecular flexibility index (Phi) is 3.16. The van der Waals surface area contributed by atoms with Gasteiger partial charge in [-0.3, -0.25) is 0 Å². The van der Waals surface area contributed by atoms with Gasteiger partial charge >= 0.3 is 5.97 Å². The number of rotatable bonds is 2. The quantitative estimate of drug-likeness (QED) is 0.765. The molecule has 3 rings (SSSR count). The second-order valence-corrected chi connectivity index (χ2v) is 4.57. The van der Waals surface area contributed by atoms with Gasteiger partial charge in [-0.05, 0) is 25.0 Å². The van der Waals surface area contributed by atoms with Crippen LogP contribution in [0.3, 0.4) is 0 Å². The molecule has 19 heavy (non-hydrogen) atoms. The standard InChI is InChI=1S/C13H15N3O3/c1-18-13(17)10-2-5-16-11(8-10)14-12(15-16)9-3-6-19-7-4-9/h2,5,8-9H,3-4,6-7H2,1H3. The van der Waals surface area contributed by atoms with E-state index in [0.29, 0.717) is 17.1 Å². The highest BCUT2D eigenvalue weighted by molar-refractivity contribution is 5.90. The Hall–Kier alpha value is -1.95. The van der Waals surface area contributed by atoms with Crippen LogP contribution in [0.1, 0.15) is 34.9 Å². The van der Waals surface area contributed by atoms with E-state index in [1.807, 2.05) is 0 Å². The zero-order valence-electron chi connectivity index (χ0n) is 10.7. The molecule has 6 heteroatoms. The van der Waals surface area contributed by atoms with Crippen molar-refractivity contribution in [2.24, 2.45) is 0 Å². The van der Waals surface area contributed by atoms with Gasteiger partial charge in [0.2, 0.25) is 0 Å². The van der Waals surface area contributed by atoms with Gasteiger partial charge in [0.25, 0.3) is 0 Å². The number of ether oxygens (including phenoxy) is 2. The van der Waals surface area contributed by atoms with Crippen molar-refractivity contribution in [3.63, 3.8) is 0 Å². The Morgan fingerprint density at radius 3 is 3.00 bits per heavy atom. The maximum Gasteiger partial charge on any atom is 0.338 e. The lowest BCUT2D eigenvalue weighted by Crippen LogP contribution is -2.15. The minimum atomic E-state index is -0.363. The molecule has 0 spiro atoms. The van der Waals surface area contributed by atoms with Crippen LogP contribution in [-0.4, -0.2) is 40.9 Å². The smallest absolute Gasteiger partial charge is 0.338 e. The summed E-state index contributed by atoms with van der Waals surface area (Å²) in [5.74, 6) is 0.804. The second kappa shape index (κ2) is 4.97. The van der Waals surface area contributed by atoms with Crippen LogP contribution in [-0.2, 0) is 9.47 Å². The number of hydrogen-bond acceptors (Lipinski definition) is 5. The first kappa shape index (κ1) is 12.1. The van der Waals surface area contributed by atoms with E-state index in [2.05, 4.69) is 10.1 Å². The number of esters is 1. The van der Waals surface area contributed by atoms with Crippen LogP contribution in [0.4, 0.5) is 0 Å². The zero-order valence-corrected chi connectivity index (χ0v) is 10.7.